The summed E-state index contributed by atoms with van der Waals surface area (Å²) in [5, 5.41) is 5.78. The van der Waals surface area contributed by atoms with Crippen LogP contribution in [-0.2, 0) is 4.74 Å². The topological polar surface area (TPSA) is 70.7 Å². The maximum absolute atomic E-state index is 11.5. The molecular formula is C12H21N3O3. The molecule has 0 spiro atoms. The van der Waals surface area contributed by atoms with Crippen LogP contribution in [0.2, 0.25) is 0 Å². The SMILES string of the molecule is O=C(NCCCN1CCOC1=O)NC1CCCC1. The molecule has 0 aromatic carbocycles. The first-order valence-electron chi connectivity index (χ1n) is 6.72. The number of nitrogens with zero attached hydrogens (tertiary/aromatic N) is 1. The van der Waals surface area contributed by atoms with Crippen LogP contribution in [0, 0.1) is 0 Å². The van der Waals surface area contributed by atoms with Crippen molar-refractivity contribution in [1.29, 1.82) is 0 Å². The smallest absolute Gasteiger partial charge is 0.409 e. The van der Waals surface area contributed by atoms with Gasteiger partial charge in [-0.2, -0.15) is 0 Å². The van der Waals surface area contributed by atoms with Crippen molar-refractivity contribution in [2.24, 2.45) is 0 Å². The van der Waals surface area contributed by atoms with Crippen molar-refractivity contribution < 1.29 is 14.3 Å². The highest BCUT2D eigenvalue weighted by Crippen LogP contribution is 2.17. The molecule has 102 valence electrons. The zero-order valence-corrected chi connectivity index (χ0v) is 10.6. The Hall–Kier alpha value is -1.46. The highest BCUT2D eigenvalue weighted by Gasteiger charge is 2.21. The fourth-order valence-electron chi connectivity index (χ4n) is 2.41. The van der Waals surface area contributed by atoms with Crippen LogP contribution in [0.4, 0.5) is 9.59 Å². The monoisotopic (exact) mass is 255 g/mol. The predicted molar refractivity (Wildman–Crippen MR) is 66.3 cm³/mol. The number of nitrogens with one attached hydrogen (secondary N) is 2. The predicted octanol–water partition coefficient (Wildman–Crippen LogP) is 1.07. The van der Waals surface area contributed by atoms with Crippen LogP contribution in [0.25, 0.3) is 0 Å². The van der Waals surface area contributed by atoms with E-state index in [1.807, 2.05) is 0 Å². The molecule has 1 saturated heterocycles. The van der Waals surface area contributed by atoms with E-state index < -0.39 is 0 Å². The third-order valence-electron chi connectivity index (χ3n) is 3.43. The summed E-state index contributed by atoms with van der Waals surface area (Å²) in [5.41, 5.74) is 0. The Morgan fingerprint density at radius 2 is 2.17 bits per heavy atom. The molecule has 6 nitrogen and oxygen atoms in total. The van der Waals surface area contributed by atoms with Crippen molar-refractivity contribution in [1.82, 2.24) is 15.5 Å². The van der Waals surface area contributed by atoms with Gasteiger partial charge in [0.2, 0.25) is 0 Å². The minimum absolute atomic E-state index is 0.0918. The summed E-state index contributed by atoms with van der Waals surface area (Å²) < 4.78 is 4.82. The molecular weight excluding hydrogens is 234 g/mol. The van der Waals surface area contributed by atoms with E-state index in [1.165, 1.54) is 12.8 Å². The largest absolute Gasteiger partial charge is 0.448 e. The summed E-state index contributed by atoms with van der Waals surface area (Å²) in [4.78, 5) is 24.3. The molecule has 2 rings (SSSR count). The molecule has 0 aromatic heterocycles. The third-order valence-corrected chi connectivity index (χ3v) is 3.43. The van der Waals surface area contributed by atoms with Gasteiger partial charge in [0, 0.05) is 19.1 Å². The molecule has 3 amide bonds. The van der Waals surface area contributed by atoms with Gasteiger partial charge in [0.05, 0.1) is 6.54 Å². The number of carbonyl (C=O) groups is 2. The van der Waals surface area contributed by atoms with Crippen LogP contribution in [0.3, 0.4) is 0 Å². The molecule has 0 unspecified atom stereocenters. The Bertz CT molecular complexity index is 303. The van der Waals surface area contributed by atoms with Gasteiger partial charge in [-0.05, 0) is 19.3 Å². The Morgan fingerprint density at radius 3 is 2.83 bits per heavy atom. The van der Waals surface area contributed by atoms with Gasteiger partial charge in [-0.25, -0.2) is 9.59 Å². The Morgan fingerprint density at radius 1 is 1.39 bits per heavy atom. The maximum Gasteiger partial charge on any atom is 0.409 e. The second kappa shape index (κ2) is 6.47. The standard InChI is InChI=1S/C12H21N3O3/c16-11(14-10-4-1-2-5-10)13-6-3-7-15-8-9-18-12(15)17/h10H,1-9H2,(H2,13,14,16). The van der Waals surface area contributed by atoms with E-state index in [-0.39, 0.29) is 12.1 Å². The van der Waals surface area contributed by atoms with Gasteiger partial charge in [0.25, 0.3) is 0 Å². The quantitative estimate of drug-likeness (QED) is 0.722. The lowest BCUT2D eigenvalue weighted by molar-refractivity contribution is 0.158. The molecule has 0 bridgehead atoms. The van der Waals surface area contributed by atoms with E-state index in [4.69, 9.17) is 4.74 Å². The molecule has 1 aliphatic carbocycles. The Balaban J connectivity index is 1.52. The number of ether oxygens (including phenoxy) is 1. The van der Waals surface area contributed by atoms with E-state index in [9.17, 15) is 9.59 Å². The van der Waals surface area contributed by atoms with Gasteiger partial charge in [-0.3, -0.25) is 0 Å². The van der Waals surface area contributed by atoms with E-state index in [0.717, 1.165) is 19.3 Å². The number of carbonyl (C=O) groups excluding carboxylic acids is 2. The normalized spacial score (nSPS) is 20.0. The number of cyclic esters (lactones) is 1. The number of hydrogen-bond acceptors (Lipinski definition) is 3. The second-order valence-corrected chi connectivity index (χ2v) is 4.84. The van der Waals surface area contributed by atoms with Crippen molar-refractivity contribution in [2.45, 2.75) is 38.1 Å². The van der Waals surface area contributed by atoms with E-state index >= 15 is 0 Å². The molecule has 1 saturated carbocycles. The van der Waals surface area contributed by atoms with Crippen LogP contribution < -0.4 is 10.6 Å². The fraction of sp³-hybridized carbons (Fsp3) is 0.833. The van der Waals surface area contributed by atoms with Crippen LogP contribution in [0.1, 0.15) is 32.1 Å². The maximum atomic E-state index is 11.5. The molecule has 2 aliphatic rings. The molecule has 0 aromatic rings. The summed E-state index contributed by atoms with van der Waals surface area (Å²) in [6.45, 7) is 2.37. The number of rotatable bonds is 5. The summed E-state index contributed by atoms with van der Waals surface area (Å²) in [7, 11) is 0. The lowest BCUT2D eigenvalue weighted by Gasteiger charge is -2.14. The highest BCUT2D eigenvalue weighted by atomic mass is 16.6. The number of urea groups is 1. The first kappa shape index (κ1) is 13.0. The average Bonchev–Trinajstić information content (AvgIpc) is 2.97. The molecule has 2 fully saturated rings. The second-order valence-electron chi connectivity index (χ2n) is 4.84. The summed E-state index contributed by atoms with van der Waals surface area (Å²) in [6.07, 6.45) is 5.11. The van der Waals surface area contributed by atoms with Gasteiger partial charge in [0.15, 0.2) is 0 Å². The van der Waals surface area contributed by atoms with Gasteiger partial charge in [-0.15, -0.1) is 0 Å². The van der Waals surface area contributed by atoms with Gasteiger partial charge < -0.3 is 20.3 Å². The van der Waals surface area contributed by atoms with E-state index in [0.29, 0.717) is 32.3 Å². The van der Waals surface area contributed by atoms with Crippen molar-refractivity contribution in [3.05, 3.63) is 0 Å². The molecule has 1 heterocycles. The first-order chi connectivity index (χ1) is 8.75. The number of amides is 3. The van der Waals surface area contributed by atoms with Gasteiger partial charge in [-0.1, -0.05) is 12.8 Å². The number of hydrogen-bond donors (Lipinski definition) is 2. The van der Waals surface area contributed by atoms with Gasteiger partial charge >= 0.3 is 12.1 Å². The van der Waals surface area contributed by atoms with E-state index in [1.54, 1.807) is 4.90 Å². The lowest BCUT2D eigenvalue weighted by Crippen LogP contribution is -2.41. The minimum atomic E-state index is -0.245. The Kier molecular flexibility index (Phi) is 4.66. The summed E-state index contributed by atoms with van der Waals surface area (Å²) in [5.74, 6) is 0. The molecule has 0 radical (unpaired) electrons. The van der Waals surface area contributed by atoms with Crippen LogP contribution in [-0.4, -0.2) is 49.3 Å². The van der Waals surface area contributed by atoms with E-state index in [2.05, 4.69) is 10.6 Å². The first-order valence-corrected chi connectivity index (χ1v) is 6.72. The molecule has 18 heavy (non-hydrogen) atoms. The van der Waals surface area contributed by atoms with Crippen LogP contribution in [0.15, 0.2) is 0 Å². The molecule has 6 heteroatoms. The Labute approximate surface area is 107 Å². The van der Waals surface area contributed by atoms with Crippen molar-refractivity contribution >= 4 is 12.1 Å². The highest BCUT2D eigenvalue weighted by molar-refractivity contribution is 5.74. The van der Waals surface area contributed by atoms with Gasteiger partial charge in [0.1, 0.15) is 6.61 Å². The zero-order valence-electron chi connectivity index (χ0n) is 10.6. The van der Waals surface area contributed by atoms with Crippen LogP contribution in [0.5, 0.6) is 0 Å². The molecule has 2 N–H and O–H groups in total. The van der Waals surface area contributed by atoms with Crippen molar-refractivity contribution in [3.8, 4) is 0 Å². The fourth-order valence-corrected chi connectivity index (χ4v) is 2.41. The van der Waals surface area contributed by atoms with Crippen molar-refractivity contribution in [3.63, 3.8) is 0 Å². The minimum Gasteiger partial charge on any atom is -0.448 e. The van der Waals surface area contributed by atoms with Crippen molar-refractivity contribution in [2.75, 3.05) is 26.2 Å². The summed E-state index contributed by atoms with van der Waals surface area (Å²) in [6, 6.07) is 0.254. The molecule has 0 atom stereocenters. The molecule has 1 aliphatic heterocycles. The van der Waals surface area contributed by atoms with Crippen LogP contribution >= 0.6 is 0 Å². The third kappa shape index (κ3) is 3.78. The zero-order chi connectivity index (χ0) is 12.8. The lowest BCUT2D eigenvalue weighted by atomic mass is 10.2. The summed E-state index contributed by atoms with van der Waals surface area (Å²) >= 11 is 0. The average molecular weight is 255 g/mol.